The Morgan fingerprint density at radius 2 is 1.94 bits per heavy atom. The first-order valence-electron chi connectivity index (χ1n) is 5.32. The average molecular weight is 228 g/mol. The predicted molar refractivity (Wildman–Crippen MR) is 61.2 cm³/mol. The van der Waals surface area contributed by atoms with Crippen LogP contribution in [0.1, 0.15) is 19.4 Å². The van der Waals surface area contributed by atoms with Crippen LogP contribution in [0, 0.1) is 11.6 Å². The first kappa shape index (κ1) is 13.1. The second-order valence-corrected chi connectivity index (χ2v) is 4.66. The summed E-state index contributed by atoms with van der Waals surface area (Å²) < 4.78 is 25.5. The molecule has 0 aromatic heterocycles. The highest BCUT2D eigenvalue weighted by Gasteiger charge is 2.09. The fourth-order valence-corrected chi connectivity index (χ4v) is 1.34. The summed E-state index contributed by atoms with van der Waals surface area (Å²) in [6.45, 7) is 5.25. The van der Waals surface area contributed by atoms with E-state index in [1.54, 1.807) is 6.07 Å². The van der Waals surface area contributed by atoms with Gasteiger partial charge in [-0.25, -0.2) is 8.78 Å². The largest absolute Gasteiger partial charge is 0.324 e. The van der Waals surface area contributed by atoms with E-state index < -0.39 is 11.6 Å². The summed E-state index contributed by atoms with van der Waals surface area (Å²) in [6.07, 6.45) is 0.660. The van der Waals surface area contributed by atoms with Crippen LogP contribution in [0.15, 0.2) is 18.2 Å². The van der Waals surface area contributed by atoms with Gasteiger partial charge in [-0.2, -0.15) is 0 Å². The molecule has 0 aliphatic rings. The molecule has 0 unspecified atom stereocenters. The van der Waals surface area contributed by atoms with E-state index in [0.29, 0.717) is 19.5 Å². The number of nitrogens with one attached hydrogen (secondary N) is 1. The van der Waals surface area contributed by atoms with E-state index in [4.69, 9.17) is 5.73 Å². The summed E-state index contributed by atoms with van der Waals surface area (Å²) in [6, 6.07) is 3.97. The van der Waals surface area contributed by atoms with Gasteiger partial charge in [0.15, 0.2) is 11.6 Å². The molecule has 0 heterocycles. The fourth-order valence-electron chi connectivity index (χ4n) is 1.34. The number of rotatable bonds is 5. The maximum Gasteiger partial charge on any atom is 0.159 e. The van der Waals surface area contributed by atoms with Crippen LogP contribution in [0.4, 0.5) is 8.78 Å². The molecule has 3 N–H and O–H groups in total. The van der Waals surface area contributed by atoms with Crippen molar-refractivity contribution in [3.63, 3.8) is 0 Å². The van der Waals surface area contributed by atoms with Crippen molar-refractivity contribution in [1.29, 1.82) is 0 Å². The van der Waals surface area contributed by atoms with Crippen molar-refractivity contribution in [3.8, 4) is 0 Å². The Balaban J connectivity index is 2.35. The third kappa shape index (κ3) is 4.68. The zero-order valence-corrected chi connectivity index (χ0v) is 9.69. The van der Waals surface area contributed by atoms with Crippen molar-refractivity contribution < 1.29 is 8.78 Å². The van der Waals surface area contributed by atoms with Crippen molar-refractivity contribution in [2.45, 2.75) is 25.8 Å². The van der Waals surface area contributed by atoms with E-state index in [-0.39, 0.29) is 5.54 Å². The molecule has 0 saturated carbocycles. The topological polar surface area (TPSA) is 38.0 Å². The van der Waals surface area contributed by atoms with E-state index >= 15 is 0 Å². The maximum absolute atomic E-state index is 12.9. The summed E-state index contributed by atoms with van der Waals surface area (Å²) in [7, 11) is 0. The molecule has 0 saturated heterocycles. The summed E-state index contributed by atoms with van der Waals surface area (Å²) in [5, 5.41) is 3.17. The van der Waals surface area contributed by atoms with Crippen LogP contribution >= 0.6 is 0 Å². The first-order valence-corrected chi connectivity index (χ1v) is 5.32. The third-order valence-electron chi connectivity index (χ3n) is 2.16. The normalized spacial score (nSPS) is 11.8. The average Bonchev–Trinajstić information content (AvgIpc) is 2.17. The van der Waals surface area contributed by atoms with Crippen LogP contribution in [0.25, 0.3) is 0 Å². The highest BCUT2D eigenvalue weighted by Crippen LogP contribution is 2.08. The van der Waals surface area contributed by atoms with Crippen molar-refractivity contribution in [3.05, 3.63) is 35.4 Å². The van der Waals surface area contributed by atoms with Gasteiger partial charge in [-0.1, -0.05) is 6.07 Å². The van der Waals surface area contributed by atoms with Crippen LogP contribution < -0.4 is 11.1 Å². The standard InChI is InChI=1S/C12H18F2N2/c1-12(2,15)8-16-6-5-9-3-4-10(13)11(14)7-9/h3-4,7,16H,5-6,8,15H2,1-2H3. The summed E-state index contributed by atoms with van der Waals surface area (Å²) >= 11 is 0. The zero-order valence-electron chi connectivity index (χ0n) is 9.69. The van der Waals surface area contributed by atoms with E-state index in [0.717, 1.165) is 11.6 Å². The van der Waals surface area contributed by atoms with Crippen molar-refractivity contribution >= 4 is 0 Å². The molecule has 0 amide bonds. The Hall–Kier alpha value is -1.00. The second-order valence-electron chi connectivity index (χ2n) is 4.66. The Morgan fingerprint density at radius 1 is 1.25 bits per heavy atom. The highest BCUT2D eigenvalue weighted by molar-refractivity contribution is 5.18. The smallest absolute Gasteiger partial charge is 0.159 e. The SMILES string of the molecule is CC(C)(N)CNCCc1ccc(F)c(F)c1. The van der Waals surface area contributed by atoms with Crippen LogP contribution in [0.2, 0.25) is 0 Å². The van der Waals surface area contributed by atoms with Gasteiger partial charge < -0.3 is 11.1 Å². The van der Waals surface area contributed by atoms with Gasteiger partial charge in [-0.3, -0.25) is 0 Å². The number of hydrogen-bond donors (Lipinski definition) is 2. The lowest BCUT2D eigenvalue weighted by molar-refractivity contribution is 0.468. The third-order valence-corrected chi connectivity index (χ3v) is 2.16. The molecule has 0 aliphatic heterocycles. The summed E-state index contributed by atoms with van der Waals surface area (Å²) in [4.78, 5) is 0. The molecule has 0 fully saturated rings. The minimum atomic E-state index is -0.806. The number of benzene rings is 1. The lowest BCUT2D eigenvalue weighted by Gasteiger charge is -2.18. The predicted octanol–water partition coefficient (Wildman–Crippen LogP) is 1.83. The van der Waals surface area contributed by atoms with Gasteiger partial charge in [-0.15, -0.1) is 0 Å². The number of halogens is 2. The van der Waals surface area contributed by atoms with E-state index in [1.165, 1.54) is 6.07 Å². The molecular formula is C12H18F2N2. The molecule has 16 heavy (non-hydrogen) atoms. The molecule has 0 atom stereocenters. The van der Waals surface area contributed by atoms with Crippen LogP contribution in [0.3, 0.4) is 0 Å². The van der Waals surface area contributed by atoms with Gasteiger partial charge in [0.2, 0.25) is 0 Å². The van der Waals surface area contributed by atoms with Crippen molar-refractivity contribution in [2.24, 2.45) is 5.73 Å². The lowest BCUT2D eigenvalue weighted by atomic mass is 10.1. The van der Waals surface area contributed by atoms with Gasteiger partial charge in [0.05, 0.1) is 0 Å². The molecule has 0 bridgehead atoms. The molecule has 4 heteroatoms. The molecule has 0 spiro atoms. The molecule has 90 valence electrons. The Morgan fingerprint density at radius 3 is 2.50 bits per heavy atom. The lowest BCUT2D eigenvalue weighted by Crippen LogP contribution is -2.43. The van der Waals surface area contributed by atoms with Crippen LogP contribution in [-0.2, 0) is 6.42 Å². The monoisotopic (exact) mass is 228 g/mol. The quantitative estimate of drug-likeness (QED) is 0.755. The number of nitrogens with two attached hydrogens (primary N) is 1. The first-order chi connectivity index (χ1) is 7.38. The van der Waals surface area contributed by atoms with Crippen molar-refractivity contribution in [1.82, 2.24) is 5.32 Å². The Kier molecular flexibility index (Phi) is 4.38. The molecule has 1 aromatic carbocycles. The van der Waals surface area contributed by atoms with Gasteiger partial charge in [0, 0.05) is 12.1 Å². The molecule has 1 rings (SSSR count). The van der Waals surface area contributed by atoms with E-state index in [9.17, 15) is 8.78 Å². The zero-order chi connectivity index (χ0) is 12.2. The van der Waals surface area contributed by atoms with Crippen LogP contribution in [-0.4, -0.2) is 18.6 Å². The maximum atomic E-state index is 12.9. The molecule has 0 radical (unpaired) electrons. The van der Waals surface area contributed by atoms with Crippen molar-refractivity contribution in [2.75, 3.05) is 13.1 Å². The summed E-state index contributed by atoms with van der Waals surface area (Å²) in [5.74, 6) is -1.60. The molecular weight excluding hydrogens is 210 g/mol. The van der Waals surface area contributed by atoms with Gasteiger partial charge in [0.25, 0.3) is 0 Å². The Labute approximate surface area is 94.8 Å². The van der Waals surface area contributed by atoms with Crippen LogP contribution in [0.5, 0.6) is 0 Å². The molecule has 0 aliphatic carbocycles. The van der Waals surface area contributed by atoms with E-state index in [2.05, 4.69) is 5.32 Å². The highest BCUT2D eigenvalue weighted by atomic mass is 19.2. The second kappa shape index (κ2) is 5.37. The molecule has 2 nitrogen and oxygen atoms in total. The molecule has 1 aromatic rings. The van der Waals surface area contributed by atoms with Gasteiger partial charge in [-0.05, 0) is 44.5 Å². The van der Waals surface area contributed by atoms with E-state index in [1.807, 2.05) is 13.8 Å². The fraction of sp³-hybridized carbons (Fsp3) is 0.500. The summed E-state index contributed by atoms with van der Waals surface area (Å²) in [5.41, 5.74) is 6.31. The number of hydrogen-bond acceptors (Lipinski definition) is 2. The minimum absolute atomic E-state index is 0.256. The Bertz CT molecular complexity index is 345. The van der Waals surface area contributed by atoms with Gasteiger partial charge >= 0.3 is 0 Å². The minimum Gasteiger partial charge on any atom is -0.324 e. The van der Waals surface area contributed by atoms with Gasteiger partial charge in [0.1, 0.15) is 0 Å².